The first-order valence-corrected chi connectivity index (χ1v) is 9.39. The largest absolute Gasteiger partial charge is 0.351 e. The van der Waals surface area contributed by atoms with E-state index in [9.17, 15) is 4.79 Å². The minimum atomic E-state index is -0.0631. The van der Waals surface area contributed by atoms with Gasteiger partial charge < -0.3 is 10.2 Å². The highest BCUT2D eigenvalue weighted by Crippen LogP contribution is 2.14. The number of rotatable bonds is 10. The van der Waals surface area contributed by atoms with Crippen molar-refractivity contribution in [1.82, 2.24) is 15.2 Å². The van der Waals surface area contributed by atoms with Crippen molar-refractivity contribution in [1.29, 1.82) is 0 Å². The molecule has 144 valence electrons. The lowest BCUT2D eigenvalue weighted by Crippen LogP contribution is -2.34. The lowest BCUT2D eigenvalue weighted by molar-refractivity contribution is 0.0949. The minimum absolute atomic E-state index is 0.0631. The molecule has 0 aliphatic carbocycles. The Balaban J connectivity index is 1.82. The molecule has 1 N–H and O–H groups in total. The molecular formula is C21H29N5O. The van der Waals surface area contributed by atoms with E-state index in [1.807, 2.05) is 25.2 Å². The summed E-state index contributed by atoms with van der Waals surface area (Å²) in [6.07, 6.45) is 0. The van der Waals surface area contributed by atoms with Crippen LogP contribution in [0.4, 0.5) is 5.69 Å². The Labute approximate surface area is 161 Å². The number of carbonyl (C=O) groups is 1. The van der Waals surface area contributed by atoms with Crippen molar-refractivity contribution in [3.63, 3.8) is 0 Å². The van der Waals surface area contributed by atoms with E-state index in [0.717, 1.165) is 25.3 Å². The summed E-state index contributed by atoms with van der Waals surface area (Å²) >= 11 is 0. The van der Waals surface area contributed by atoms with Crippen LogP contribution >= 0.6 is 0 Å². The summed E-state index contributed by atoms with van der Waals surface area (Å²) in [5.74, 6) is -0.0631. The molecule has 27 heavy (non-hydrogen) atoms. The van der Waals surface area contributed by atoms with E-state index in [0.29, 0.717) is 18.7 Å². The fourth-order valence-corrected chi connectivity index (χ4v) is 2.66. The van der Waals surface area contributed by atoms with E-state index >= 15 is 0 Å². The van der Waals surface area contributed by atoms with Gasteiger partial charge in [-0.25, -0.2) is 0 Å². The van der Waals surface area contributed by atoms with Crippen LogP contribution < -0.4 is 5.32 Å². The summed E-state index contributed by atoms with van der Waals surface area (Å²) < 4.78 is 0. The summed E-state index contributed by atoms with van der Waals surface area (Å²) in [5, 5.41) is 13.2. The van der Waals surface area contributed by atoms with Crippen molar-refractivity contribution in [3.8, 4) is 0 Å². The molecule has 2 aromatic carbocycles. The van der Waals surface area contributed by atoms with Crippen molar-refractivity contribution in [2.45, 2.75) is 20.4 Å². The number of nitrogens with zero attached hydrogens (tertiary/aromatic N) is 4. The standard InChI is InChI=1S/C21H29N5O/c1-4-26(5-2)16-15-22-21(27)19-11-13-20(14-12-19)23-24-25(3)17-18-9-7-6-8-10-18/h6-14H,4-5,15-17H2,1-3H3,(H,22,27). The van der Waals surface area contributed by atoms with Crippen LogP contribution in [-0.4, -0.2) is 49.0 Å². The SMILES string of the molecule is CCN(CC)CCNC(=O)c1ccc(N=NN(C)Cc2ccccc2)cc1. The van der Waals surface area contributed by atoms with Crippen LogP contribution in [0.1, 0.15) is 29.8 Å². The zero-order valence-electron chi connectivity index (χ0n) is 16.4. The second-order valence-electron chi connectivity index (χ2n) is 6.32. The van der Waals surface area contributed by atoms with Gasteiger partial charge in [0.25, 0.3) is 5.91 Å². The van der Waals surface area contributed by atoms with Gasteiger partial charge in [0.2, 0.25) is 0 Å². The molecule has 0 saturated heterocycles. The quantitative estimate of drug-likeness (QED) is 0.512. The van der Waals surface area contributed by atoms with Gasteiger partial charge in [0.1, 0.15) is 0 Å². The molecular weight excluding hydrogens is 338 g/mol. The zero-order valence-corrected chi connectivity index (χ0v) is 16.4. The highest BCUT2D eigenvalue weighted by molar-refractivity contribution is 5.94. The van der Waals surface area contributed by atoms with Gasteiger partial charge in [-0.15, -0.1) is 5.11 Å². The predicted molar refractivity (Wildman–Crippen MR) is 109 cm³/mol. The molecule has 0 bridgehead atoms. The van der Waals surface area contributed by atoms with Crippen LogP contribution in [-0.2, 0) is 6.54 Å². The van der Waals surface area contributed by atoms with Crippen LogP contribution in [0, 0.1) is 0 Å². The summed E-state index contributed by atoms with van der Waals surface area (Å²) in [6.45, 7) is 8.42. The Kier molecular flexibility index (Phi) is 8.45. The van der Waals surface area contributed by atoms with E-state index in [1.54, 1.807) is 29.3 Å². The van der Waals surface area contributed by atoms with E-state index in [1.165, 1.54) is 5.56 Å². The summed E-state index contributed by atoms with van der Waals surface area (Å²) in [7, 11) is 1.88. The van der Waals surface area contributed by atoms with Crippen molar-refractivity contribution in [3.05, 3.63) is 65.7 Å². The number of carbonyl (C=O) groups excluding carboxylic acids is 1. The zero-order chi connectivity index (χ0) is 19.5. The maximum absolute atomic E-state index is 12.2. The first-order valence-electron chi connectivity index (χ1n) is 9.39. The number of hydrogen-bond acceptors (Lipinski definition) is 4. The number of likely N-dealkylation sites (N-methyl/N-ethyl adjacent to an activating group) is 1. The molecule has 0 aliphatic heterocycles. The Hall–Kier alpha value is -2.73. The second-order valence-corrected chi connectivity index (χ2v) is 6.32. The summed E-state index contributed by atoms with van der Waals surface area (Å²) in [6, 6.07) is 17.3. The number of nitrogens with one attached hydrogen (secondary N) is 1. The smallest absolute Gasteiger partial charge is 0.251 e. The second kappa shape index (κ2) is 11.1. The topological polar surface area (TPSA) is 60.3 Å². The number of amides is 1. The van der Waals surface area contributed by atoms with Gasteiger partial charge in [-0.1, -0.05) is 49.4 Å². The number of hydrogen-bond donors (Lipinski definition) is 1. The van der Waals surface area contributed by atoms with Crippen LogP contribution in [0.5, 0.6) is 0 Å². The molecule has 2 aromatic rings. The molecule has 0 fully saturated rings. The van der Waals surface area contributed by atoms with Crippen LogP contribution in [0.2, 0.25) is 0 Å². The van der Waals surface area contributed by atoms with Gasteiger partial charge in [0, 0.05) is 25.7 Å². The van der Waals surface area contributed by atoms with Crippen LogP contribution in [0.3, 0.4) is 0 Å². The lowest BCUT2D eigenvalue weighted by Gasteiger charge is -2.17. The monoisotopic (exact) mass is 367 g/mol. The van der Waals surface area contributed by atoms with Crippen molar-refractivity contribution >= 4 is 11.6 Å². The van der Waals surface area contributed by atoms with E-state index in [4.69, 9.17) is 0 Å². The van der Waals surface area contributed by atoms with Gasteiger partial charge in [0.15, 0.2) is 0 Å². The molecule has 0 spiro atoms. The molecule has 6 nitrogen and oxygen atoms in total. The molecule has 0 aromatic heterocycles. The maximum atomic E-state index is 12.2. The highest BCUT2D eigenvalue weighted by atomic mass is 16.1. The number of benzene rings is 2. The Morgan fingerprint density at radius 2 is 1.67 bits per heavy atom. The van der Waals surface area contributed by atoms with Crippen LogP contribution in [0.25, 0.3) is 0 Å². The predicted octanol–water partition coefficient (Wildman–Crippen LogP) is 3.89. The molecule has 0 unspecified atom stereocenters. The van der Waals surface area contributed by atoms with Crippen molar-refractivity contribution in [2.75, 3.05) is 33.2 Å². The first kappa shape index (κ1) is 20.6. The lowest BCUT2D eigenvalue weighted by atomic mass is 10.2. The molecule has 0 aliphatic rings. The van der Waals surface area contributed by atoms with E-state index in [2.05, 4.69) is 46.5 Å². The molecule has 0 heterocycles. The third-order valence-electron chi connectivity index (χ3n) is 4.30. The Morgan fingerprint density at radius 1 is 1.00 bits per heavy atom. The third kappa shape index (κ3) is 7.19. The van der Waals surface area contributed by atoms with E-state index < -0.39 is 0 Å². The Bertz CT molecular complexity index is 711. The van der Waals surface area contributed by atoms with Gasteiger partial charge >= 0.3 is 0 Å². The van der Waals surface area contributed by atoms with Crippen molar-refractivity contribution < 1.29 is 4.79 Å². The summed E-state index contributed by atoms with van der Waals surface area (Å²) in [5.41, 5.74) is 2.52. The van der Waals surface area contributed by atoms with Gasteiger partial charge in [-0.2, -0.15) is 0 Å². The fraction of sp³-hybridized carbons (Fsp3) is 0.381. The average Bonchev–Trinajstić information content (AvgIpc) is 2.70. The van der Waals surface area contributed by atoms with Crippen molar-refractivity contribution in [2.24, 2.45) is 10.3 Å². The van der Waals surface area contributed by atoms with E-state index in [-0.39, 0.29) is 5.91 Å². The van der Waals surface area contributed by atoms with Gasteiger partial charge in [-0.05, 0) is 42.9 Å². The van der Waals surface area contributed by atoms with Crippen LogP contribution in [0.15, 0.2) is 64.9 Å². The normalized spacial score (nSPS) is 11.1. The molecule has 1 amide bonds. The third-order valence-corrected chi connectivity index (χ3v) is 4.30. The van der Waals surface area contributed by atoms with Gasteiger partial charge in [-0.3, -0.25) is 9.80 Å². The fourth-order valence-electron chi connectivity index (χ4n) is 2.66. The average molecular weight is 367 g/mol. The molecule has 0 atom stereocenters. The Morgan fingerprint density at radius 3 is 2.30 bits per heavy atom. The van der Waals surface area contributed by atoms with Gasteiger partial charge in [0.05, 0.1) is 12.2 Å². The molecule has 2 rings (SSSR count). The molecule has 0 saturated carbocycles. The molecule has 6 heteroatoms. The highest BCUT2D eigenvalue weighted by Gasteiger charge is 2.06. The minimum Gasteiger partial charge on any atom is -0.351 e. The first-order chi connectivity index (χ1) is 13.1. The summed E-state index contributed by atoms with van der Waals surface area (Å²) in [4.78, 5) is 14.5. The molecule has 0 radical (unpaired) electrons. The maximum Gasteiger partial charge on any atom is 0.251 e.